The van der Waals surface area contributed by atoms with Crippen LogP contribution in [-0.4, -0.2) is 31.4 Å². The van der Waals surface area contributed by atoms with Crippen LogP contribution in [0.5, 0.6) is 0 Å². The molecule has 0 aromatic heterocycles. The summed E-state index contributed by atoms with van der Waals surface area (Å²) >= 11 is 0. The van der Waals surface area contributed by atoms with Crippen molar-refractivity contribution in [2.45, 2.75) is 70.8 Å². The van der Waals surface area contributed by atoms with Gasteiger partial charge in [0.05, 0.1) is 12.5 Å². The molecule has 29 heavy (non-hydrogen) atoms. The fourth-order valence-corrected chi connectivity index (χ4v) is 7.86. The molecule has 0 aromatic carbocycles. The normalized spacial score (nSPS) is 44.1. The van der Waals surface area contributed by atoms with Gasteiger partial charge in [-0.25, -0.2) is 4.79 Å². The molecule has 5 heteroatoms. The minimum absolute atomic E-state index is 0.0602. The van der Waals surface area contributed by atoms with Crippen molar-refractivity contribution in [3.63, 3.8) is 0 Å². The Labute approximate surface area is 173 Å². The molecular formula is C24H34O5. The van der Waals surface area contributed by atoms with Gasteiger partial charge in [-0.2, -0.15) is 0 Å². The predicted octanol–water partition coefficient (Wildman–Crippen LogP) is 4.25. The van der Waals surface area contributed by atoms with Crippen molar-refractivity contribution in [1.29, 1.82) is 0 Å². The van der Waals surface area contributed by atoms with Gasteiger partial charge in [-0.1, -0.05) is 6.58 Å². The highest BCUT2D eigenvalue weighted by Gasteiger charge is 2.52. The first-order chi connectivity index (χ1) is 13.9. The van der Waals surface area contributed by atoms with Gasteiger partial charge in [-0.3, -0.25) is 4.79 Å². The molecule has 6 rings (SSSR count). The maximum absolute atomic E-state index is 12.7. The molecular weight excluding hydrogens is 368 g/mol. The van der Waals surface area contributed by atoms with Crippen molar-refractivity contribution in [3.05, 3.63) is 12.2 Å². The van der Waals surface area contributed by atoms with E-state index in [1.807, 2.05) is 0 Å². The summed E-state index contributed by atoms with van der Waals surface area (Å²) in [5.74, 6) is 2.54. The van der Waals surface area contributed by atoms with E-state index in [0.717, 1.165) is 43.6 Å². The molecule has 0 amide bonds. The molecule has 4 atom stereocenters. The van der Waals surface area contributed by atoms with Crippen molar-refractivity contribution >= 4 is 11.9 Å². The molecule has 0 saturated heterocycles. The summed E-state index contributed by atoms with van der Waals surface area (Å²) in [6, 6.07) is 0. The van der Waals surface area contributed by atoms with Gasteiger partial charge in [0.2, 0.25) is 0 Å². The Balaban J connectivity index is 1.09. The van der Waals surface area contributed by atoms with Crippen molar-refractivity contribution in [1.82, 2.24) is 0 Å². The van der Waals surface area contributed by atoms with Crippen molar-refractivity contribution < 1.29 is 23.8 Å². The Morgan fingerprint density at radius 1 is 0.931 bits per heavy atom. The largest absolute Gasteiger partial charge is 0.459 e. The van der Waals surface area contributed by atoms with Crippen LogP contribution >= 0.6 is 0 Å². The third kappa shape index (κ3) is 3.75. The van der Waals surface area contributed by atoms with E-state index in [-0.39, 0.29) is 36.7 Å². The second-order valence-corrected chi connectivity index (χ2v) is 10.9. The highest BCUT2D eigenvalue weighted by molar-refractivity contribution is 5.87. The predicted molar refractivity (Wildman–Crippen MR) is 107 cm³/mol. The fourth-order valence-electron chi connectivity index (χ4n) is 7.86. The first-order valence-corrected chi connectivity index (χ1v) is 11.5. The first-order valence-electron chi connectivity index (χ1n) is 11.5. The van der Waals surface area contributed by atoms with Crippen LogP contribution in [0, 0.1) is 40.9 Å². The first kappa shape index (κ1) is 19.6. The van der Waals surface area contributed by atoms with Crippen LogP contribution in [0.15, 0.2) is 12.2 Å². The van der Waals surface area contributed by atoms with Crippen molar-refractivity contribution in [3.8, 4) is 0 Å². The zero-order chi connectivity index (χ0) is 20.2. The summed E-state index contributed by atoms with van der Waals surface area (Å²) in [6.07, 6.45) is 10.7. The van der Waals surface area contributed by atoms with Crippen LogP contribution in [-0.2, 0) is 23.8 Å². The lowest BCUT2D eigenvalue weighted by molar-refractivity contribution is -0.175. The highest BCUT2D eigenvalue weighted by atomic mass is 16.7. The minimum Gasteiger partial charge on any atom is -0.459 e. The lowest BCUT2D eigenvalue weighted by Crippen LogP contribution is -2.48. The van der Waals surface area contributed by atoms with Crippen molar-refractivity contribution in [2.75, 3.05) is 13.4 Å². The van der Waals surface area contributed by atoms with Crippen LogP contribution in [0.1, 0.15) is 64.7 Å². The van der Waals surface area contributed by atoms with E-state index >= 15 is 0 Å². The van der Waals surface area contributed by atoms with Gasteiger partial charge in [0.1, 0.15) is 6.10 Å². The maximum atomic E-state index is 12.7. The van der Waals surface area contributed by atoms with Gasteiger partial charge in [-0.05, 0) is 93.8 Å². The van der Waals surface area contributed by atoms with Crippen LogP contribution in [0.25, 0.3) is 0 Å². The Bertz CT molecular complexity index is 662. The summed E-state index contributed by atoms with van der Waals surface area (Å²) in [6.45, 7) is 6.10. The molecule has 6 fully saturated rings. The Hall–Kier alpha value is -1.36. The number of rotatable bonds is 7. The van der Waals surface area contributed by atoms with E-state index < -0.39 is 0 Å². The monoisotopic (exact) mass is 402 g/mol. The summed E-state index contributed by atoms with van der Waals surface area (Å²) < 4.78 is 17.0. The van der Waals surface area contributed by atoms with E-state index in [1.54, 1.807) is 6.92 Å². The minimum atomic E-state index is -0.353. The zero-order valence-corrected chi connectivity index (χ0v) is 17.6. The van der Waals surface area contributed by atoms with Gasteiger partial charge in [0.25, 0.3) is 0 Å². The molecule has 6 aliphatic carbocycles. The molecule has 0 aliphatic heterocycles. The molecule has 6 aliphatic rings. The second-order valence-electron chi connectivity index (χ2n) is 10.9. The van der Waals surface area contributed by atoms with Gasteiger partial charge in [0.15, 0.2) is 6.79 Å². The zero-order valence-electron chi connectivity index (χ0n) is 17.6. The summed E-state index contributed by atoms with van der Waals surface area (Å²) in [7, 11) is 0. The molecule has 0 spiro atoms. The van der Waals surface area contributed by atoms with E-state index in [4.69, 9.17) is 14.2 Å². The molecule has 0 heterocycles. The van der Waals surface area contributed by atoms with Crippen LogP contribution in [0.2, 0.25) is 0 Å². The lowest BCUT2D eigenvalue weighted by Gasteiger charge is -2.56. The Morgan fingerprint density at radius 2 is 1.59 bits per heavy atom. The third-order valence-corrected chi connectivity index (χ3v) is 8.52. The molecule has 4 unspecified atom stereocenters. The Kier molecular flexibility index (Phi) is 5.00. The van der Waals surface area contributed by atoms with Crippen LogP contribution in [0.4, 0.5) is 0 Å². The number of ether oxygens (including phenoxy) is 3. The molecule has 0 aromatic rings. The topological polar surface area (TPSA) is 61.8 Å². The van der Waals surface area contributed by atoms with Gasteiger partial charge in [-0.15, -0.1) is 0 Å². The average Bonchev–Trinajstić information content (AvgIpc) is 3.24. The molecule has 0 N–H and O–H groups in total. The number of hydrogen-bond acceptors (Lipinski definition) is 5. The highest BCUT2D eigenvalue weighted by Crippen LogP contribution is 2.60. The maximum Gasteiger partial charge on any atom is 0.333 e. The number of carbonyl (C=O) groups is 2. The van der Waals surface area contributed by atoms with E-state index in [9.17, 15) is 9.59 Å². The van der Waals surface area contributed by atoms with Gasteiger partial charge in [0, 0.05) is 11.5 Å². The smallest absolute Gasteiger partial charge is 0.333 e. The molecule has 5 nitrogen and oxygen atoms in total. The average molecular weight is 403 g/mol. The third-order valence-electron chi connectivity index (χ3n) is 8.52. The van der Waals surface area contributed by atoms with Gasteiger partial charge < -0.3 is 14.2 Å². The second kappa shape index (κ2) is 7.40. The van der Waals surface area contributed by atoms with Crippen molar-refractivity contribution in [2.24, 2.45) is 40.9 Å². The lowest BCUT2D eigenvalue weighted by atomic mass is 9.50. The fraction of sp³-hybridized carbons (Fsp3) is 0.833. The number of esters is 2. The molecule has 0 radical (unpaired) electrons. The molecule has 6 bridgehead atoms. The summed E-state index contributed by atoms with van der Waals surface area (Å²) in [5.41, 5.74) is 0.750. The van der Waals surface area contributed by atoms with E-state index in [1.165, 1.54) is 38.5 Å². The number of carbonyl (C=O) groups excluding carboxylic acids is 2. The number of fused-ring (bicyclic) bond motifs is 2. The summed E-state index contributed by atoms with van der Waals surface area (Å²) in [5, 5.41) is 0. The summed E-state index contributed by atoms with van der Waals surface area (Å²) in [4.78, 5) is 24.5. The standard InChI is InChI=1S/C24H34O5/c1-14(2)22(25)29-21-8-15-6-19(21)20(7-15)23(26)28-13-27-12-24-9-16-3-17(10-24)5-18(4-16)11-24/h15-21H,1,3-13H2,2H3. The van der Waals surface area contributed by atoms with Crippen LogP contribution < -0.4 is 0 Å². The molecule has 6 saturated carbocycles. The van der Waals surface area contributed by atoms with E-state index in [2.05, 4.69) is 6.58 Å². The Morgan fingerprint density at radius 3 is 2.17 bits per heavy atom. The SMILES string of the molecule is C=C(C)C(=O)OC1CC2CC(C(=O)OCOCC34CC5CC(CC(C5)C3)C4)C1C2. The van der Waals surface area contributed by atoms with E-state index in [0.29, 0.717) is 16.9 Å². The quantitative estimate of drug-likeness (QED) is 0.276. The van der Waals surface area contributed by atoms with Crippen LogP contribution in [0.3, 0.4) is 0 Å². The number of hydrogen-bond donors (Lipinski definition) is 0. The molecule has 160 valence electrons. The van der Waals surface area contributed by atoms with Gasteiger partial charge >= 0.3 is 11.9 Å².